The molecule has 3 nitrogen and oxygen atoms in total. The number of methoxy groups -OCH3 is 1. The number of aryl methyl sites for hydroxylation is 1. The van der Waals surface area contributed by atoms with Crippen LogP contribution in [0.3, 0.4) is 0 Å². The quantitative estimate of drug-likeness (QED) is 0.758. The first-order valence-electron chi connectivity index (χ1n) is 6.45. The number of rotatable bonds is 7. The molecule has 0 fully saturated rings. The van der Waals surface area contributed by atoms with Crippen LogP contribution in [-0.2, 0) is 4.74 Å². The Bertz CT molecular complexity index is 361. The van der Waals surface area contributed by atoms with Gasteiger partial charge in [-0.05, 0) is 31.4 Å². The van der Waals surface area contributed by atoms with Gasteiger partial charge in [-0.1, -0.05) is 25.5 Å². The molecule has 0 amide bonds. The summed E-state index contributed by atoms with van der Waals surface area (Å²) in [6.45, 7) is 7.30. The van der Waals surface area contributed by atoms with Crippen LogP contribution in [0, 0.1) is 12.8 Å². The van der Waals surface area contributed by atoms with Crippen molar-refractivity contribution in [3.63, 3.8) is 0 Å². The fraction of sp³-hybridized carbons (Fsp3) is 0.600. The van der Waals surface area contributed by atoms with Crippen molar-refractivity contribution in [2.24, 2.45) is 5.92 Å². The first-order valence-corrected chi connectivity index (χ1v) is 6.45. The van der Waals surface area contributed by atoms with Crippen LogP contribution in [0.1, 0.15) is 37.5 Å². The summed E-state index contributed by atoms with van der Waals surface area (Å²) in [7, 11) is 1.61. The Balaban J connectivity index is 2.55. The Morgan fingerprint density at radius 2 is 2.00 bits per heavy atom. The standard InChI is InChI=1S/C15H24O3/c1-11(2)7-8-18-10-14(16)13-9-12(3)5-6-15(13)17-4/h5-6,9,11,14,16H,7-8,10H2,1-4H3. The predicted octanol–water partition coefficient (Wildman–Crippen LogP) is 3.10. The van der Waals surface area contributed by atoms with Gasteiger partial charge >= 0.3 is 0 Å². The van der Waals surface area contributed by atoms with Gasteiger partial charge in [0.15, 0.2) is 0 Å². The molecular weight excluding hydrogens is 228 g/mol. The SMILES string of the molecule is COc1ccc(C)cc1C(O)COCCC(C)C. The van der Waals surface area contributed by atoms with E-state index in [1.54, 1.807) is 7.11 Å². The second-order valence-electron chi connectivity index (χ2n) is 5.02. The van der Waals surface area contributed by atoms with Crippen LogP contribution >= 0.6 is 0 Å². The summed E-state index contributed by atoms with van der Waals surface area (Å²) in [4.78, 5) is 0. The maximum Gasteiger partial charge on any atom is 0.124 e. The lowest BCUT2D eigenvalue weighted by Gasteiger charge is -2.16. The molecule has 0 radical (unpaired) electrons. The van der Waals surface area contributed by atoms with Crippen molar-refractivity contribution in [3.05, 3.63) is 29.3 Å². The number of ether oxygens (including phenoxy) is 2. The van der Waals surface area contributed by atoms with Crippen LogP contribution < -0.4 is 4.74 Å². The Morgan fingerprint density at radius 1 is 1.28 bits per heavy atom. The Labute approximate surface area is 110 Å². The summed E-state index contributed by atoms with van der Waals surface area (Å²) in [6, 6.07) is 5.78. The van der Waals surface area contributed by atoms with E-state index in [2.05, 4.69) is 13.8 Å². The van der Waals surface area contributed by atoms with E-state index in [1.165, 1.54) is 0 Å². The maximum atomic E-state index is 10.1. The average molecular weight is 252 g/mol. The van der Waals surface area contributed by atoms with Crippen LogP contribution in [0.2, 0.25) is 0 Å². The van der Waals surface area contributed by atoms with Gasteiger partial charge in [-0.2, -0.15) is 0 Å². The topological polar surface area (TPSA) is 38.7 Å². The van der Waals surface area contributed by atoms with Crippen molar-refractivity contribution >= 4 is 0 Å². The molecule has 18 heavy (non-hydrogen) atoms. The zero-order valence-electron chi connectivity index (χ0n) is 11.8. The van der Waals surface area contributed by atoms with Crippen LogP contribution in [0.25, 0.3) is 0 Å². The summed E-state index contributed by atoms with van der Waals surface area (Å²) in [5.74, 6) is 1.33. The first kappa shape index (κ1) is 15.0. The van der Waals surface area contributed by atoms with E-state index in [9.17, 15) is 5.11 Å². The maximum absolute atomic E-state index is 10.1. The minimum atomic E-state index is -0.632. The van der Waals surface area contributed by atoms with Gasteiger partial charge in [0, 0.05) is 12.2 Å². The average Bonchev–Trinajstić information content (AvgIpc) is 2.34. The summed E-state index contributed by atoms with van der Waals surface area (Å²) in [5.41, 5.74) is 1.90. The molecule has 0 aliphatic heterocycles. The van der Waals surface area contributed by atoms with Gasteiger partial charge in [0.1, 0.15) is 11.9 Å². The molecule has 0 saturated heterocycles. The molecule has 0 heterocycles. The predicted molar refractivity (Wildman–Crippen MR) is 73.0 cm³/mol. The van der Waals surface area contributed by atoms with E-state index in [4.69, 9.17) is 9.47 Å². The van der Waals surface area contributed by atoms with Crippen molar-refractivity contribution < 1.29 is 14.6 Å². The molecule has 102 valence electrons. The number of hydrogen-bond donors (Lipinski definition) is 1. The van der Waals surface area contributed by atoms with Gasteiger partial charge in [-0.3, -0.25) is 0 Å². The number of aliphatic hydroxyl groups excluding tert-OH is 1. The fourth-order valence-electron chi connectivity index (χ4n) is 1.72. The molecule has 0 spiro atoms. The zero-order valence-corrected chi connectivity index (χ0v) is 11.8. The van der Waals surface area contributed by atoms with Crippen LogP contribution in [0.4, 0.5) is 0 Å². The normalized spacial score (nSPS) is 12.8. The lowest BCUT2D eigenvalue weighted by molar-refractivity contribution is 0.0308. The Hall–Kier alpha value is -1.06. The highest BCUT2D eigenvalue weighted by molar-refractivity contribution is 5.38. The van der Waals surface area contributed by atoms with Gasteiger partial charge in [0.25, 0.3) is 0 Å². The monoisotopic (exact) mass is 252 g/mol. The van der Waals surface area contributed by atoms with E-state index in [-0.39, 0.29) is 0 Å². The number of aliphatic hydroxyl groups is 1. The number of hydrogen-bond acceptors (Lipinski definition) is 3. The summed E-state index contributed by atoms with van der Waals surface area (Å²) in [6.07, 6.45) is 0.379. The zero-order chi connectivity index (χ0) is 13.5. The van der Waals surface area contributed by atoms with E-state index in [0.717, 1.165) is 17.5 Å². The van der Waals surface area contributed by atoms with Crippen molar-refractivity contribution in [2.45, 2.75) is 33.3 Å². The van der Waals surface area contributed by atoms with Crippen molar-refractivity contribution in [1.82, 2.24) is 0 Å². The van der Waals surface area contributed by atoms with E-state index >= 15 is 0 Å². The molecule has 0 aliphatic carbocycles. The van der Waals surface area contributed by atoms with Crippen molar-refractivity contribution in [2.75, 3.05) is 20.3 Å². The summed E-state index contributed by atoms with van der Waals surface area (Å²) >= 11 is 0. The van der Waals surface area contributed by atoms with E-state index < -0.39 is 6.10 Å². The minimum Gasteiger partial charge on any atom is -0.496 e. The second-order valence-corrected chi connectivity index (χ2v) is 5.02. The minimum absolute atomic E-state index is 0.312. The van der Waals surface area contributed by atoms with Gasteiger partial charge in [-0.15, -0.1) is 0 Å². The third-order valence-electron chi connectivity index (χ3n) is 2.86. The fourth-order valence-corrected chi connectivity index (χ4v) is 1.72. The van der Waals surface area contributed by atoms with Crippen LogP contribution in [-0.4, -0.2) is 25.4 Å². The van der Waals surface area contributed by atoms with Gasteiger partial charge < -0.3 is 14.6 Å². The number of benzene rings is 1. The molecule has 1 atom stereocenters. The smallest absolute Gasteiger partial charge is 0.124 e. The van der Waals surface area contributed by atoms with E-state index in [0.29, 0.717) is 24.9 Å². The largest absolute Gasteiger partial charge is 0.496 e. The third kappa shape index (κ3) is 4.67. The molecule has 1 unspecified atom stereocenters. The third-order valence-corrected chi connectivity index (χ3v) is 2.86. The molecule has 0 bridgehead atoms. The lowest BCUT2D eigenvalue weighted by atomic mass is 10.1. The summed E-state index contributed by atoms with van der Waals surface area (Å²) in [5, 5.41) is 10.1. The second kappa shape index (κ2) is 7.39. The Morgan fingerprint density at radius 3 is 2.61 bits per heavy atom. The van der Waals surface area contributed by atoms with Crippen LogP contribution in [0.15, 0.2) is 18.2 Å². The molecule has 0 aromatic heterocycles. The molecule has 1 aromatic rings. The molecule has 0 saturated carbocycles. The highest BCUT2D eigenvalue weighted by Gasteiger charge is 2.13. The summed E-state index contributed by atoms with van der Waals surface area (Å²) < 4.78 is 10.7. The van der Waals surface area contributed by atoms with Crippen molar-refractivity contribution in [1.29, 1.82) is 0 Å². The van der Waals surface area contributed by atoms with E-state index in [1.807, 2.05) is 25.1 Å². The molecule has 0 aliphatic rings. The molecule has 1 N–H and O–H groups in total. The molecular formula is C15H24O3. The molecule has 3 heteroatoms. The highest BCUT2D eigenvalue weighted by Crippen LogP contribution is 2.26. The highest BCUT2D eigenvalue weighted by atomic mass is 16.5. The van der Waals surface area contributed by atoms with Crippen LogP contribution in [0.5, 0.6) is 5.75 Å². The van der Waals surface area contributed by atoms with Gasteiger partial charge in [0.05, 0.1) is 13.7 Å². The van der Waals surface area contributed by atoms with Crippen molar-refractivity contribution in [3.8, 4) is 5.75 Å². The first-order chi connectivity index (χ1) is 8.54. The lowest BCUT2D eigenvalue weighted by Crippen LogP contribution is -2.10. The Kier molecular flexibility index (Phi) is 6.16. The molecule has 1 aromatic carbocycles. The van der Waals surface area contributed by atoms with Gasteiger partial charge in [-0.25, -0.2) is 0 Å². The molecule has 1 rings (SSSR count). The van der Waals surface area contributed by atoms with Gasteiger partial charge in [0.2, 0.25) is 0 Å².